The minimum atomic E-state index is -3.73. The lowest BCUT2D eigenvalue weighted by Crippen LogP contribution is -2.47. The van der Waals surface area contributed by atoms with Gasteiger partial charge in [0.15, 0.2) is 0 Å². The average Bonchev–Trinajstić information content (AvgIpc) is 2.27. The first-order chi connectivity index (χ1) is 7.70. The number of sulfonamides is 1. The second kappa shape index (κ2) is 4.64. The van der Waals surface area contributed by atoms with E-state index in [0.717, 1.165) is 0 Å². The van der Waals surface area contributed by atoms with Crippen LogP contribution >= 0.6 is 0 Å². The smallest absolute Gasteiger partial charge is 0.240 e. The van der Waals surface area contributed by atoms with Crippen molar-refractivity contribution in [3.05, 3.63) is 24.3 Å². The van der Waals surface area contributed by atoms with Crippen LogP contribution in [0.1, 0.15) is 13.8 Å². The predicted molar refractivity (Wildman–Crippen MR) is 69.4 cm³/mol. The van der Waals surface area contributed by atoms with E-state index in [1.807, 2.05) is 18.7 Å². The highest BCUT2D eigenvalue weighted by Crippen LogP contribution is 2.27. The average molecular weight is 257 g/mol. The number of likely N-dealkylation sites (N-methyl/N-ethyl adjacent to an activating group) is 1. The molecule has 0 saturated heterocycles. The first kappa shape index (κ1) is 14.0. The number of hydrogen-bond acceptors (Lipinski definition) is 4. The summed E-state index contributed by atoms with van der Waals surface area (Å²) in [7, 11) is -1.93. The molecule has 0 radical (unpaired) electrons. The van der Waals surface area contributed by atoms with Gasteiger partial charge in [-0.05, 0) is 26.0 Å². The molecule has 0 unspecified atom stereocenters. The largest absolute Gasteiger partial charge is 0.367 e. The van der Waals surface area contributed by atoms with Gasteiger partial charge in [0.2, 0.25) is 10.0 Å². The highest BCUT2D eigenvalue weighted by atomic mass is 32.2. The summed E-state index contributed by atoms with van der Waals surface area (Å²) in [6.45, 7) is 4.28. The van der Waals surface area contributed by atoms with Gasteiger partial charge in [0.05, 0.1) is 5.69 Å². The molecule has 1 rings (SSSR count). The Bertz CT molecular complexity index is 497. The Hall–Kier alpha value is -1.11. The molecule has 0 spiro atoms. The Balaban J connectivity index is 3.33. The van der Waals surface area contributed by atoms with Crippen molar-refractivity contribution in [2.75, 3.05) is 18.5 Å². The Labute approximate surface area is 102 Å². The summed E-state index contributed by atoms with van der Waals surface area (Å²) in [5, 5.41) is 5.19. The summed E-state index contributed by atoms with van der Waals surface area (Å²) >= 11 is 0. The minimum Gasteiger partial charge on any atom is -0.367 e. The Morgan fingerprint density at radius 2 is 1.82 bits per heavy atom. The lowest BCUT2D eigenvalue weighted by molar-refractivity contribution is 0.495. The highest BCUT2D eigenvalue weighted by Gasteiger charge is 2.26. The Morgan fingerprint density at radius 3 is 2.29 bits per heavy atom. The monoisotopic (exact) mass is 257 g/mol. The lowest BCUT2D eigenvalue weighted by atomic mass is 10.0. The van der Waals surface area contributed by atoms with Crippen LogP contribution in [0.25, 0.3) is 0 Å². The number of nitrogens with two attached hydrogens (primary N) is 2. The van der Waals surface area contributed by atoms with Crippen LogP contribution in [0.15, 0.2) is 29.2 Å². The Kier molecular flexibility index (Phi) is 3.81. The lowest BCUT2D eigenvalue weighted by Gasteiger charge is -2.37. The maximum atomic E-state index is 11.5. The molecule has 0 amide bonds. The van der Waals surface area contributed by atoms with Crippen LogP contribution in [0.2, 0.25) is 0 Å². The van der Waals surface area contributed by atoms with Crippen LogP contribution in [0, 0.1) is 0 Å². The predicted octanol–water partition coefficient (Wildman–Crippen LogP) is 0.507. The summed E-state index contributed by atoms with van der Waals surface area (Å²) in [6.07, 6.45) is 0. The molecule has 0 aliphatic heterocycles. The number of hydrogen-bond donors (Lipinski definition) is 2. The van der Waals surface area contributed by atoms with E-state index < -0.39 is 10.0 Å². The molecule has 1 aromatic rings. The zero-order valence-electron chi connectivity index (χ0n) is 10.3. The molecule has 96 valence electrons. The van der Waals surface area contributed by atoms with Gasteiger partial charge in [0.1, 0.15) is 4.90 Å². The van der Waals surface area contributed by atoms with E-state index in [-0.39, 0.29) is 10.4 Å². The molecule has 0 bridgehead atoms. The van der Waals surface area contributed by atoms with E-state index in [2.05, 4.69) is 0 Å². The third-order valence-corrected chi connectivity index (χ3v) is 3.90. The van der Waals surface area contributed by atoms with Crippen molar-refractivity contribution in [1.82, 2.24) is 0 Å². The van der Waals surface area contributed by atoms with Gasteiger partial charge in [-0.3, -0.25) is 0 Å². The number of benzene rings is 1. The fourth-order valence-corrected chi connectivity index (χ4v) is 2.20. The van der Waals surface area contributed by atoms with Crippen molar-refractivity contribution in [2.24, 2.45) is 10.9 Å². The number of nitrogens with zero attached hydrogens (tertiary/aromatic N) is 1. The van der Waals surface area contributed by atoms with E-state index >= 15 is 0 Å². The fourth-order valence-electron chi connectivity index (χ4n) is 1.44. The molecule has 0 heterocycles. The molecule has 1 aromatic carbocycles. The van der Waals surface area contributed by atoms with E-state index in [9.17, 15) is 8.42 Å². The molecule has 0 aromatic heterocycles. The maximum absolute atomic E-state index is 11.5. The molecule has 0 fully saturated rings. The van der Waals surface area contributed by atoms with Crippen molar-refractivity contribution in [3.8, 4) is 0 Å². The maximum Gasteiger partial charge on any atom is 0.240 e. The summed E-state index contributed by atoms with van der Waals surface area (Å²) in [6, 6.07) is 6.63. The summed E-state index contributed by atoms with van der Waals surface area (Å²) in [5.74, 6) is 0. The molecular weight excluding hydrogens is 238 g/mol. The molecule has 5 nitrogen and oxygen atoms in total. The summed E-state index contributed by atoms with van der Waals surface area (Å²) in [5.41, 5.74) is 5.90. The van der Waals surface area contributed by atoms with Crippen molar-refractivity contribution in [1.29, 1.82) is 0 Å². The van der Waals surface area contributed by atoms with Crippen molar-refractivity contribution in [2.45, 2.75) is 24.3 Å². The molecule has 0 saturated carbocycles. The first-order valence-corrected chi connectivity index (χ1v) is 6.80. The van der Waals surface area contributed by atoms with Crippen LogP contribution in [-0.2, 0) is 10.0 Å². The van der Waals surface area contributed by atoms with Crippen LogP contribution in [0.4, 0.5) is 5.69 Å². The van der Waals surface area contributed by atoms with Crippen molar-refractivity contribution >= 4 is 15.7 Å². The summed E-state index contributed by atoms with van der Waals surface area (Å²) in [4.78, 5) is 1.94. The van der Waals surface area contributed by atoms with E-state index in [1.54, 1.807) is 25.2 Å². The van der Waals surface area contributed by atoms with Gasteiger partial charge in [0.25, 0.3) is 0 Å². The van der Waals surface area contributed by atoms with Crippen LogP contribution in [0.5, 0.6) is 0 Å². The molecule has 0 atom stereocenters. The molecule has 4 N–H and O–H groups in total. The van der Waals surface area contributed by atoms with Gasteiger partial charge in [-0.25, -0.2) is 13.6 Å². The highest BCUT2D eigenvalue weighted by molar-refractivity contribution is 7.89. The van der Waals surface area contributed by atoms with Gasteiger partial charge in [-0.1, -0.05) is 12.1 Å². The van der Waals surface area contributed by atoms with Crippen LogP contribution in [0.3, 0.4) is 0 Å². The van der Waals surface area contributed by atoms with Crippen LogP contribution < -0.4 is 15.8 Å². The second-order valence-corrected chi connectivity index (χ2v) is 6.12. The SMILES string of the molecule is CN(c1ccccc1S(N)(=O)=O)C(C)(C)CN. The Morgan fingerprint density at radius 1 is 1.29 bits per heavy atom. The van der Waals surface area contributed by atoms with E-state index in [1.165, 1.54) is 6.07 Å². The molecule has 17 heavy (non-hydrogen) atoms. The number of primary sulfonamides is 1. The van der Waals surface area contributed by atoms with Gasteiger partial charge in [-0.2, -0.15) is 0 Å². The summed E-state index contributed by atoms with van der Waals surface area (Å²) < 4.78 is 23.0. The molecular formula is C11H19N3O2S. The number of para-hydroxylation sites is 1. The molecule has 0 aliphatic carbocycles. The second-order valence-electron chi connectivity index (χ2n) is 4.59. The standard InChI is InChI=1S/C11H19N3O2S/c1-11(2,8-12)14(3)9-6-4-5-7-10(9)17(13,15)16/h4-7H,8,12H2,1-3H3,(H2,13,15,16). The third kappa shape index (κ3) is 2.96. The van der Waals surface area contributed by atoms with E-state index in [0.29, 0.717) is 12.2 Å². The van der Waals surface area contributed by atoms with Gasteiger partial charge in [-0.15, -0.1) is 0 Å². The van der Waals surface area contributed by atoms with Crippen molar-refractivity contribution in [3.63, 3.8) is 0 Å². The quantitative estimate of drug-likeness (QED) is 0.822. The fraction of sp³-hybridized carbons (Fsp3) is 0.455. The number of anilines is 1. The molecule has 0 aliphatic rings. The first-order valence-electron chi connectivity index (χ1n) is 5.26. The van der Waals surface area contributed by atoms with Gasteiger partial charge in [0, 0.05) is 19.1 Å². The van der Waals surface area contributed by atoms with Gasteiger partial charge >= 0.3 is 0 Å². The topological polar surface area (TPSA) is 89.4 Å². The zero-order valence-corrected chi connectivity index (χ0v) is 11.2. The van der Waals surface area contributed by atoms with Crippen LogP contribution in [-0.4, -0.2) is 27.5 Å². The van der Waals surface area contributed by atoms with E-state index in [4.69, 9.17) is 10.9 Å². The van der Waals surface area contributed by atoms with Gasteiger partial charge < -0.3 is 10.6 Å². The molecule has 6 heteroatoms. The van der Waals surface area contributed by atoms with Crippen molar-refractivity contribution < 1.29 is 8.42 Å². The normalized spacial score (nSPS) is 12.5. The minimum absolute atomic E-state index is 0.115. The third-order valence-electron chi connectivity index (χ3n) is 2.94. The zero-order chi connectivity index (χ0) is 13.3. The number of rotatable bonds is 4.